The van der Waals surface area contributed by atoms with E-state index in [1.54, 1.807) is 23.9 Å². The molecule has 1 atom stereocenters. The molecule has 0 spiro atoms. The molecule has 0 aliphatic rings. The second-order valence-corrected chi connectivity index (χ2v) is 4.88. The summed E-state index contributed by atoms with van der Waals surface area (Å²) in [6, 6.07) is 7.50. The van der Waals surface area contributed by atoms with E-state index in [0.717, 1.165) is 15.0 Å². The molecule has 2 N–H and O–H groups in total. The normalized spacial score (nSPS) is 12.4. The molecule has 0 bridgehead atoms. The molecule has 2 aromatic rings. The predicted octanol–water partition coefficient (Wildman–Crippen LogP) is 2.20. The van der Waals surface area contributed by atoms with Crippen LogP contribution < -0.4 is 5.73 Å². The lowest BCUT2D eigenvalue weighted by atomic mass is 10.2. The van der Waals surface area contributed by atoms with Crippen LogP contribution in [0.1, 0.15) is 13.0 Å². The average molecular weight is 341 g/mol. The number of nitrogens with zero attached hydrogens (tertiary/aromatic N) is 2. The molecule has 1 aromatic heterocycles. The van der Waals surface area contributed by atoms with Crippen LogP contribution in [0, 0.1) is 3.57 Å². The van der Waals surface area contributed by atoms with Gasteiger partial charge in [0.25, 0.3) is 0 Å². The van der Waals surface area contributed by atoms with Gasteiger partial charge in [-0.2, -0.15) is 0 Å². The first-order valence-electron chi connectivity index (χ1n) is 5.18. The molecule has 0 saturated carbocycles. The Kier molecular flexibility index (Phi) is 3.46. The molecule has 1 heterocycles. The molecule has 0 aliphatic carbocycles. The van der Waals surface area contributed by atoms with Crippen LogP contribution in [0.15, 0.2) is 36.7 Å². The zero-order valence-electron chi connectivity index (χ0n) is 9.30. The monoisotopic (exact) mass is 341 g/mol. The number of hydrogen-bond donors (Lipinski definition) is 1. The van der Waals surface area contributed by atoms with Crippen LogP contribution in [0.25, 0.3) is 11.4 Å². The number of imidazole rings is 1. The minimum absolute atomic E-state index is 0.366. The third-order valence-corrected chi connectivity index (χ3v) is 3.55. The van der Waals surface area contributed by atoms with Crippen molar-refractivity contribution in [1.82, 2.24) is 9.55 Å². The van der Waals surface area contributed by atoms with E-state index in [1.807, 2.05) is 24.3 Å². The number of rotatable bonds is 3. The van der Waals surface area contributed by atoms with E-state index >= 15 is 0 Å². The third-order valence-electron chi connectivity index (χ3n) is 2.61. The van der Waals surface area contributed by atoms with Crippen LogP contribution in [-0.4, -0.2) is 15.5 Å². The fourth-order valence-electron chi connectivity index (χ4n) is 1.61. The molecule has 0 radical (unpaired) electrons. The standard InChI is InChI=1S/C12H12IN3O/c1-8(11(14)17)16-7-6-15-12(16)9-4-2-3-5-10(9)13/h2-8H,1H3,(H2,14,17). The second kappa shape index (κ2) is 4.87. The summed E-state index contributed by atoms with van der Waals surface area (Å²) < 4.78 is 2.88. The van der Waals surface area contributed by atoms with Crippen molar-refractivity contribution in [2.45, 2.75) is 13.0 Å². The molecular formula is C12H12IN3O. The Hall–Kier alpha value is -1.37. The Morgan fingerprint density at radius 1 is 1.47 bits per heavy atom. The quantitative estimate of drug-likeness (QED) is 0.870. The van der Waals surface area contributed by atoms with Gasteiger partial charge < -0.3 is 10.3 Å². The van der Waals surface area contributed by atoms with E-state index in [4.69, 9.17) is 5.73 Å². The van der Waals surface area contributed by atoms with Crippen molar-refractivity contribution in [3.8, 4) is 11.4 Å². The maximum absolute atomic E-state index is 11.2. The van der Waals surface area contributed by atoms with Crippen LogP contribution in [0.2, 0.25) is 0 Å². The summed E-state index contributed by atoms with van der Waals surface area (Å²) in [7, 11) is 0. The molecule has 0 fully saturated rings. The Labute approximate surface area is 113 Å². The highest BCUT2D eigenvalue weighted by atomic mass is 127. The number of nitrogens with two attached hydrogens (primary N) is 1. The molecule has 1 aromatic carbocycles. The van der Waals surface area contributed by atoms with Gasteiger partial charge in [0.1, 0.15) is 11.9 Å². The number of carbonyl (C=O) groups is 1. The van der Waals surface area contributed by atoms with Gasteiger partial charge in [0, 0.05) is 21.5 Å². The van der Waals surface area contributed by atoms with Gasteiger partial charge in [-0.1, -0.05) is 18.2 Å². The fraction of sp³-hybridized carbons (Fsp3) is 0.167. The van der Waals surface area contributed by atoms with Gasteiger partial charge in [0.15, 0.2) is 0 Å². The van der Waals surface area contributed by atoms with E-state index < -0.39 is 6.04 Å². The molecule has 17 heavy (non-hydrogen) atoms. The highest BCUT2D eigenvalue weighted by Crippen LogP contribution is 2.25. The lowest BCUT2D eigenvalue weighted by molar-refractivity contribution is -0.120. The summed E-state index contributed by atoms with van der Waals surface area (Å²) in [4.78, 5) is 15.5. The van der Waals surface area contributed by atoms with Crippen molar-refractivity contribution in [3.63, 3.8) is 0 Å². The van der Waals surface area contributed by atoms with Crippen molar-refractivity contribution >= 4 is 28.5 Å². The van der Waals surface area contributed by atoms with E-state index in [9.17, 15) is 4.79 Å². The zero-order valence-corrected chi connectivity index (χ0v) is 11.5. The van der Waals surface area contributed by atoms with Gasteiger partial charge in [0.05, 0.1) is 0 Å². The predicted molar refractivity (Wildman–Crippen MR) is 74.3 cm³/mol. The number of amides is 1. The van der Waals surface area contributed by atoms with Crippen LogP contribution in [-0.2, 0) is 4.79 Å². The molecule has 2 rings (SSSR count). The third kappa shape index (κ3) is 2.33. The van der Waals surface area contributed by atoms with E-state index in [1.165, 1.54) is 0 Å². The van der Waals surface area contributed by atoms with Crippen molar-refractivity contribution in [1.29, 1.82) is 0 Å². The second-order valence-electron chi connectivity index (χ2n) is 3.72. The topological polar surface area (TPSA) is 60.9 Å². The minimum Gasteiger partial charge on any atom is -0.368 e. The highest BCUT2D eigenvalue weighted by Gasteiger charge is 2.16. The van der Waals surface area contributed by atoms with Gasteiger partial charge in [-0.25, -0.2) is 4.98 Å². The van der Waals surface area contributed by atoms with E-state index in [-0.39, 0.29) is 5.91 Å². The van der Waals surface area contributed by atoms with Crippen LogP contribution in [0.3, 0.4) is 0 Å². The number of carbonyl (C=O) groups excluding carboxylic acids is 1. The van der Waals surface area contributed by atoms with Crippen molar-refractivity contribution in [3.05, 3.63) is 40.2 Å². The maximum atomic E-state index is 11.2. The first kappa shape index (κ1) is 12.1. The van der Waals surface area contributed by atoms with Gasteiger partial charge in [-0.3, -0.25) is 4.79 Å². The molecule has 1 unspecified atom stereocenters. The first-order valence-corrected chi connectivity index (χ1v) is 6.26. The fourth-order valence-corrected chi connectivity index (χ4v) is 2.24. The largest absolute Gasteiger partial charge is 0.368 e. The van der Waals surface area contributed by atoms with Gasteiger partial charge in [0.2, 0.25) is 5.91 Å². The van der Waals surface area contributed by atoms with Crippen LogP contribution in [0.4, 0.5) is 0 Å². The number of primary amides is 1. The van der Waals surface area contributed by atoms with Crippen molar-refractivity contribution in [2.24, 2.45) is 5.73 Å². The van der Waals surface area contributed by atoms with Gasteiger partial charge in [-0.05, 0) is 35.6 Å². The SMILES string of the molecule is CC(C(N)=O)n1ccnc1-c1ccccc1I. The summed E-state index contributed by atoms with van der Waals surface area (Å²) in [6.07, 6.45) is 3.45. The number of aromatic nitrogens is 2. The molecule has 1 amide bonds. The molecule has 88 valence electrons. The van der Waals surface area contributed by atoms with Crippen LogP contribution >= 0.6 is 22.6 Å². The number of hydrogen-bond acceptors (Lipinski definition) is 2. The van der Waals surface area contributed by atoms with Crippen LogP contribution in [0.5, 0.6) is 0 Å². The molecule has 4 nitrogen and oxygen atoms in total. The number of benzene rings is 1. The van der Waals surface area contributed by atoms with Gasteiger partial charge >= 0.3 is 0 Å². The summed E-state index contributed by atoms with van der Waals surface area (Å²) in [5, 5.41) is 0. The minimum atomic E-state index is -0.400. The van der Waals surface area contributed by atoms with Gasteiger partial charge in [-0.15, -0.1) is 0 Å². The zero-order chi connectivity index (χ0) is 12.4. The smallest absolute Gasteiger partial charge is 0.240 e. The van der Waals surface area contributed by atoms with Crippen molar-refractivity contribution < 1.29 is 4.79 Å². The first-order chi connectivity index (χ1) is 8.11. The lowest BCUT2D eigenvalue weighted by Crippen LogP contribution is -2.24. The Morgan fingerprint density at radius 2 is 2.18 bits per heavy atom. The average Bonchev–Trinajstić information content (AvgIpc) is 2.77. The molecule has 0 saturated heterocycles. The summed E-state index contributed by atoms with van der Waals surface area (Å²) in [5.41, 5.74) is 6.33. The Morgan fingerprint density at radius 3 is 2.82 bits per heavy atom. The Bertz CT molecular complexity index is 550. The molecule has 0 aliphatic heterocycles. The van der Waals surface area contributed by atoms with E-state index in [0.29, 0.717) is 0 Å². The molecule has 5 heteroatoms. The molecular weight excluding hydrogens is 329 g/mol. The van der Waals surface area contributed by atoms with Crippen molar-refractivity contribution in [2.75, 3.05) is 0 Å². The lowest BCUT2D eigenvalue weighted by Gasteiger charge is -2.13. The summed E-state index contributed by atoms with van der Waals surface area (Å²) in [6.45, 7) is 1.77. The number of halogens is 1. The Balaban J connectivity index is 2.51. The summed E-state index contributed by atoms with van der Waals surface area (Å²) in [5.74, 6) is 0.400. The highest BCUT2D eigenvalue weighted by molar-refractivity contribution is 14.1. The maximum Gasteiger partial charge on any atom is 0.240 e. The summed E-state index contributed by atoms with van der Waals surface area (Å²) >= 11 is 2.25. The van der Waals surface area contributed by atoms with E-state index in [2.05, 4.69) is 27.6 Å².